The normalized spacial score (nSPS) is 16.7. The first kappa shape index (κ1) is 13.8. The van der Waals surface area contributed by atoms with E-state index in [1.807, 2.05) is 7.05 Å². The molecule has 5 heteroatoms. The number of thiocarbonyl (C=S) groups is 1. The molecule has 0 aliphatic carbocycles. The number of hydrogen-bond donors (Lipinski definition) is 1. The van der Waals surface area contributed by atoms with Gasteiger partial charge in [-0.15, -0.1) is 0 Å². The van der Waals surface area contributed by atoms with E-state index in [2.05, 4.69) is 55.3 Å². The summed E-state index contributed by atoms with van der Waals surface area (Å²) in [5, 5.41) is 3.90. The van der Waals surface area contributed by atoms with Gasteiger partial charge in [-0.05, 0) is 23.8 Å². The Kier molecular flexibility index (Phi) is 4.97. The monoisotopic (exact) mass is 327 g/mol. The third-order valence-electron chi connectivity index (χ3n) is 3.23. The number of nitrogens with one attached hydrogen (secondary N) is 1. The molecule has 1 aliphatic rings. The van der Waals surface area contributed by atoms with Gasteiger partial charge in [-0.2, -0.15) is 0 Å². The first-order valence-electron chi connectivity index (χ1n) is 6.13. The number of hydrogen-bond acceptors (Lipinski definition) is 2. The van der Waals surface area contributed by atoms with Crippen molar-refractivity contribution in [1.82, 2.24) is 15.1 Å². The molecule has 3 nitrogen and oxygen atoms in total. The minimum atomic E-state index is 0.857. The zero-order valence-electron chi connectivity index (χ0n) is 10.5. The molecule has 1 heterocycles. The van der Waals surface area contributed by atoms with E-state index in [0.29, 0.717) is 0 Å². The molecule has 1 aliphatic heterocycles. The van der Waals surface area contributed by atoms with Crippen LogP contribution in [-0.2, 0) is 6.54 Å². The van der Waals surface area contributed by atoms with E-state index in [4.69, 9.17) is 12.2 Å². The molecular formula is C13H18BrN3S. The molecule has 0 aromatic heterocycles. The van der Waals surface area contributed by atoms with E-state index < -0.39 is 0 Å². The van der Waals surface area contributed by atoms with E-state index in [1.54, 1.807) is 0 Å². The summed E-state index contributed by atoms with van der Waals surface area (Å²) in [6.45, 7) is 5.13. The summed E-state index contributed by atoms with van der Waals surface area (Å²) in [6, 6.07) is 8.42. The molecule has 0 radical (unpaired) electrons. The Morgan fingerprint density at radius 2 is 1.94 bits per heavy atom. The highest BCUT2D eigenvalue weighted by Crippen LogP contribution is 2.18. The van der Waals surface area contributed by atoms with Gasteiger partial charge in [0.05, 0.1) is 0 Å². The quantitative estimate of drug-likeness (QED) is 0.838. The van der Waals surface area contributed by atoms with Gasteiger partial charge in [0.1, 0.15) is 0 Å². The second-order valence-electron chi connectivity index (χ2n) is 4.41. The topological polar surface area (TPSA) is 18.5 Å². The highest BCUT2D eigenvalue weighted by Gasteiger charge is 2.18. The Labute approximate surface area is 122 Å². The van der Waals surface area contributed by atoms with Gasteiger partial charge in [0, 0.05) is 44.2 Å². The summed E-state index contributed by atoms with van der Waals surface area (Å²) in [5.74, 6) is 0. The average molecular weight is 328 g/mol. The maximum absolute atomic E-state index is 5.25. The first-order valence-corrected chi connectivity index (χ1v) is 7.33. The van der Waals surface area contributed by atoms with Crippen LogP contribution in [0.5, 0.6) is 0 Å². The van der Waals surface area contributed by atoms with Gasteiger partial charge in [-0.1, -0.05) is 34.1 Å². The zero-order chi connectivity index (χ0) is 13.0. The third-order valence-corrected chi connectivity index (χ3v) is 4.46. The zero-order valence-corrected chi connectivity index (χ0v) is 12.9. The number of piperazine rings is 1. The number of halogens is 1. The summed E-state index contributed by atoms with van der Waals surface area (Å²) in [4.78, 5) is 4.70. The Morgan fingerprint density at radius 1 is 1.28 bits per heavy atom. The van der Waals surface area contributed by atoms with Gasteiger partial charge in [0.25, 0.3) is 0 Å². The van der Waals surface area contributed by atoms with Gasteiger partial charge in [-0.3, -0.25) is 4.90 Å². The van der Waals surface area contributed by atoms with Gasteiger partial charge in [0.15, 0.2) is 5.11 Å². The smallest absolute Gasteiger partial charge is 0.168 e. The lowest BCUT2D eigenvalue weighted by molar-refractivity contribution is 0.174. The van der Waals surface area contributed by atoms with E-state index in [9.17, 15) is 0 Å². The van der Waals surface area contributed by atoms with Crippen molar-refractivity contribution >= 4 is 33.3 Å². The largest absolute Gasteiger partial charge is 0.366 e. The van der Waals surface area contributed by atoms with Crippen LogP contribution in [0.25, 0.3) is 0 Å². The predicted octanol–water partition coefficient (Wildman–Crippen LogP) is 2.07. The Balaban J connectivity index is 1.87. The SMILES string of the molecule is CNC(=S)N1CCN(Cc2ccccc2Br)CC1. The minimum absolute atomic E-state index is 0.857. The highest BCUT2D eigenvalue weighted by atomic mass is 79.9. The van der Waals surface area contributed by atoms with Crippen molar-refractivity contribution < 1.29 is 0 Å². The number of benzene rings is 1. The Hall–Kier alpha value is -0.650. The lowest BCUT2D eigenvalue weighted by Gasteiger charge is -2.36. The van der Waals surface area contributed by atoms with Crippen molar-refractivity contribution in [3.8, 4) is 0 Å². The van der Waals surface area contributed by atoms with Crippen LogP contribution in [0.15, 0.2) is 28.7 Å². The first-order chi connectivity index (χ1) is 8.70. The van der Waals surface area contributed by atoms with Crippen molar-refractivity contribution in [1.29, 1.82) is 0 Å². The summed E-state index contributed by atoms with van der Waals surface area (Å²) in [5.41, 5.74) is 1.35. The lowest BCUT2D eigenvalue weighted by Crippen LogP contribution is -2.50. The predicted molar refractivity (Wildman–Crippen MR) is 82.6 cm³/mol. The van der Waals surface area contributed by atoms with Crippen molar-refractivity contribution in [2.45, 2.75) is 6.54 Å². The molecule has 98 valence electrons. The van der Waals surface area contributed by atoms with Gasteiger partial charge >= 0.3 is 0 Å². The molecule has 0 bridgehead atoms. The van der Waals surface area contributed by atoms with Crippen LogP contribution in [0, 0.1) is 0 Å². The number of rotatable bonds is 2. The molecule has 1 aromatic carbocycles. The molecular weight excluding hydrogens is 310 g/mol. The molecule has 0 saturated carbocycles. The summed E-state index contributed by atoms with van der Waals surface area (Å²) in [7, 11) is 1.88. The second kappa shape index (κ2) is 6.50. The maximum Gasteiger partial charge on any atom is 0.168 e. The van der Waals surface area contributed by atoms with Crippen LogP contribution >= 0.6 is 28.1 Å². The van der Waals surface area contributed by atoms with Crippen LogP contribution in [-0.4, -0.2) is 48.1 Å². The van der Waals surface area contributed by atoms with Crippen molar-refractivity contribution in [2.24, 2.45) is 0 Å². The average Bonchev–Trinajstić information content (AvgIpc) is 2.41. The van der Waals surface area contributed by atoms with E-state index >= 15 is 0 Å². The molecule has 1 aromatic rings. The third kappa shape index (κ3) is 3.43. The minimum Gasteiger partial charge on any atom is -0.366 e. The molecule has 1 N–H and O–H groups in total. The van der Waals surface area contributed by atoms with Crippen molar-refractivity contribution in [3.63, 3.8) is 0 Å². The summed E-state index contributed by atoms with van der Waals surface area (Å²) < 4.78 is 1.19. The molecule has 2 rings (SSSR count). The van der Waals surface area contributed by atoms with Crippen molar-refractivity contribution in [2.75, 3.05) is 33.2 Å². The molecule has 0 atom stereocenters. The Bertz CT molecular complexity index is 416. The van der Waals surface area contributed by atoms with Crippen LogP contribution < -0.4 is 5.32 Å². The summed E-state index contributed by atoms with van der Waals surface area (Å²) in [6.07, 6.45) is 0. The molecule has 0 spiro atoms. The fourth-order valence-corrected chi connectivity index (χ4v) is 2.73. The van der Waals surface area contributed by atoms with Gasteiger partial charge < -0.3 is 10.2 Å². The highest BCUT2D eigenvalue weighted by molar-refractivity contribution is 9.10. The van der Waals surface area contributed by atoms with E-state index in [0.717, 1.165) is 37.8 Å². The molecule has 18 heavy (non-hydrogen) atoms. The molecule has 0 unspecified atom stereocenters. The van der Waals surface area contributed by atoms with Crippen LogP contribution in [0.3, 0.4) is 0 Å². The van der Waals surface area contributed by atoms with E-state index in [-0.39, 0.29) is 0 Å². The van der Waals surface area contributed by atoms with Crippen LogP contribution in [0.2, 0.25) is 0 Å². The lowest BCUT2D eigenvalue weighted by atomic mass is 10.2. The standard InChI is InChI=1S/C13H18BrN3S/c1-15-13(18)17-8-6-16(7-9-17)10-11-4-2-3-5-12(11)14/h2-5H,6-10H2,1H3,(H,15,18). The second-order valence-corrected chi connectivity index (χ2v) is 5.65. The van der Waals surface area contributed by atoms with Gasteiger partial charge in [0.2, 0.25) is 0 Å². The maximum atomic E-state index is 5.25. The molecule has 1 fully saturated rings. The van der Waals surface area contributed by atoms with Crippen molar-refractivity contribution in [3.05, 3.63) is 34.3 Å². The fourth-order valence-electron chi connectivity index (χ4n) is 2.13. The van der Waals surface area contributed by atoms with Gasteiger partial charge in [-0.25, -0.2) is 0 Å². The Morgan fingerprint density at radius 3 is 2.56 bits per heavy atom. The van der Waals surface area contributed by atoms with E-state index in [1.165, 1.54) is 10.0 Å². The van der Waals surface area contributed by atoms with Crippen LogP contribution in [0.1, 0.15) is 5.56 Å². The number of nitrogens with zero attached hydrogens (tertiary/aromatic N) is 2. The molecule has 1 saturated heterocycles. The summed E-state index contributed by atoms with van der Waals surface area (Å²) >= 11 is 8.85. The molecule has 0 amide bonds. The van der Waals surface area contributed by atoms with Crippen LogP contribution in [0.4, 0.5) is 0 Å². The fraction of sp³-hybridized carbons (Fsp3) is 0.462.